The third-order valence-electron chi connectivity index (χ3n) is 2.94. The number of aryl methyl sites for hydroxylation is 1. The molecule has 1 saturated carbocycles. The lowest BCUT2D eigenvalue weighted by molar-refractivity contribution is -0.120. The number of nitrogens with two attached hydrogens (primary N) is 1. The van der Waals surface area contributed by atoms with Gasteiger partial charge in [-0.2, -0.15) is 4.98 Å². The summed E-state index contributed by atoms with van der Waals surface area (Å²) in [6, 6.07) is 0.0304. The summed E-state index contributed by atoms with van der Waals surface area (Å²) in [5, 5.41) is 5.95. The molecule has 0 radical (unpaired) electrons. The quantitative estimate of drug-likeness (QED) is 0.418. The van der Waals surface area contributed by atoms with Gasteiger partial charge in [-0.25, -0.2) is 0 Å². The van der Waals surface area contributed by atoms with E-state index in [1.165, 1.54) is 16.4 Å². The number of amides is 1. The van der Waals surface area contributed by atoms with Gasteiger partial charge < -0.3 is 11.1 Å². The summed E-state index contributed by atoms with van der Waals surface area (Å²) in [4.78, 5) is 37.2. The summed E-state index contributed by atoms with van der Waals surface area (Å²) in [7, 11) is 1.60. The van der Waals surface area contributed by atoms with Crippen LogP contribution >= 0.6 is 11.8 Å². The van der Waals surface area contributed by atoms with E-state index >= 15 is 0 Å². The molecule has 1 aliphatic rings. The van der Waals surface area contributed by atoms with E-state index in [1.54, 1.807) is 7.05 Å². The standard InChI is InChI=1S/C11H17N5O3S/c1-16-11(14-9(18)10(19)15-16)20-5-4-7(8(12)17)13-6-2-3-6/h6-7,13H,2-5H2,1H3,(H2,12,17)(H,15,19). The van der Waals surface area contributed by atoms with Crippen molar-refractivity contribution in [1.29, 1.82) is 0 Å². The maximum Gasteiger partial charge on any atom is 0.339 e. The summed E-state index contributed by atoms with van der Waals surface area (Å²) in [6.45, 7) is 0. The molecule has 1 amide bonds. The molecule has 2 rings (SSSR count). The highest BCUT2D eigenvalue weighted by atomic mass is 32.2. The number of thioether (sulfide) groups is 1. The minimum absolute atomic E-state index is 0.366. The second-order valence-electron chi connectivity index (χ2n) is 4.73. The van der Waals surface area contributed by atoms with Crippen LogP contribution in [0.1, 0.15) is 19.3 Å². The van der Waals surface area contributed by atoms with E-state index in [1.807, 2.05) is 0 Å². The summed E-state index contributed by atoms with van der Waals surface area (Å²) in [5.41, 5.74) is 3.78. The fourth-order valence-electron chi connectivity index (χ4n) is 1.70. The third-order valence-corrected chi connectivity index (χ3v) is 4.01. The second-order valence-corrected chi connectivity index (χ2v) is 5.79. The molecule has 1 aromatic heterocycles. The van der Waals surface area contributed by atoms with Gasteiger partial charge >= 0.3 is 11.1 Å². The van der Waals surface area contributed by atoms with Crippen molar-refractivity contribution in [3.8, 4) is 0 Å². The number of nitrogens with one attached hydrogen (secondary N) is 2. The first-order valence-electron chi connectivity index (χ1n) is 6.33. The zero-order valence-electron chi connectivity index (χ0n) is 11.1. The molecule has 1 unspecified atom stereocenters. The van der Waals surface area contributed by atoms with Gasteiger partial charge in [0.25, 0.3) is 0 Å². The molecule has 0 spiro atoms. The first-order chi connectivity index (χ1) is 9.47. The number of rotatable bonds is 7. The number of hydrogen-bond donors (Lipinski definition) is 3. The van der Waals surface area contributed by atoms with Gasteiger partial charge in [0, 0.05) is 18.8 Å². The molecule has 8 nitrogen and oxygen atoms in total. The molecule has 9 heteroatoms. The molecule has 1 heterocycles. The number of H-pyrrole nitrogens is 1. The Morgan fingerprint density at radius 1 is 1.60 bits per heavy atom. The fourth-order valence-corrected chi connectivity index (χ4v) is 2.62. The lowest BCUT2D eigenvalue weighted by atomic mass is 10.2. The molecule has 0 aliphatic heterocycles. The maximum atomic E-state index is 11.3. The average Bonchev–Trinajstić information content (AvgIpc) is 3.18. The van der Waals surface area contributed by atoms with Gasteiger partial charge in [-0.1, -0.05) is 11.8 Å². The van der Waals surface area contributed by atoms with E-state index in [2.05, 4.69) is 15.4 Å². The van der Waals surface area contributed by atoms with Crippen LogP contribution in [0.5, 0.6) is 0 Å². The van der Waals surface area contributed by atoms with E-state index in [0.717, 1.165) is 12.8 Å². The second kappa shape index (κ2) is 6.23. The smallest absolute Gasteiger partial charge is 0.339 e. The van der Waals surface area contributed by atoms with Crippen LogP contribution in [0, 0.1) is 0 Å². The monoisotopic (exact) mass is 299 g/mol. The first kappa shape index (κ1) is 14.8. The Kier molecular flexibility index (Phi) is 4.61. The number of carbonyl (C=O) groups is 1. The predicted octanol–water partition coefficient (Wildman–Crippen LogP) is -1.44. The van der Waals surface area contributed by atoms with Gasteiger partial charge in [-0.3, -0.25) is 24.2 Å². The molecule has 1 aliphatic carbocycles. The minimum Gasteiger partial charge on any atom is -0.368 e. The zero-order chi connectivity index (χ0) is 14.7. The van der Waals surface area contributed by atoms with Crippen LogP contribution in [-0.2, 0) is 11.8 Å². The molecule has 1 aromatic rings. The third kappa shape index (κ3) is 3.94. The van der Waals surface area contributed by atoms with Crippen molar-refractivity contribution in [3.05, 3.63) is 20.7 Å². The highest BCUT2D eigenvalue weighted by Crippen LogP contribution is 2.21. The molecule has 110 valence electrons. The van der Waals surface area contributed by atoms with Crippen molar-refractivity contribution >= 4 is 17.7 Å². The number of primary amides is 1. The zero-order valence-corrected chi connectivity index (χ0v) is 11.9. The lowest BCUT2D eigenvalue weighted by Crippen LogP contribution is -2.42. The molecule has 20 heavy (non-hydrogen) atoms. The van der Waals surface area contributed by atoms with Gasteiger partial charge in [0.05, 0.1) is 6.04 Å². The van der Waals surface area contributed by atoms with E-state index in [0.29, 0.717) is 23.4 Å². The Morgan fingerprint density at radius 2 is 2.30 bits per heavy atom. The van der Waals surface area contributed by atoms with E-state index < -0.39 is 11.1 Å². The Hall–Kier alpha value is -1.61. The van der Waals surface area contributed by atoms with E-state index in [-0.39, 0.29) is 11.9 Å². The van der Waals surface area contributed by atoms with Crippen LogP contribution in [0.15, 0.2) is 14.7 Å². The number of hydrogen-bond acceptors (Lipinski definition) is 6. The molecular weight excluding hydrogens is 282 g/mol. The maximum absolute atomic E-state index is 11.3. The van der Waals surface area contributed by atoms with Crippen LogP contribution in [0.25, 0.3) is 0 Å². The van der Waals surface area contributed by atoms with Gasteiger partial charge in [0.2, 0.25) is 5.91 Å². The topological polar surface area (TPSA) is 123 Å². The highest BCUT2D eigenvalue weighted by molar-refractivity contribution is 7.99. The number of aromatic amines is 1. The van der Waals surface area contributed by atoms with Gasteiger partial charge in [-0.15, -0.1) is 0 Å². The lowest BCUT2D eigenvalue weighted by Gasteiger charge is -2.14. The van der Waals surface area contributed by atoms with Gasteiger partial charge in [-0.05, 0) is 19.3 Å². The molecule has 0 aromatic carbocycles. The van der Waals surface area contributed by atoms with Gasteiger partial charge in [0.15, 0.2) is 5.16 Å². The Morgan fingerprint density at radius 3 is 2.90 bits per heavy atom. The normalized spacial score (nSPS) is 16.1. The predicted molar refractivity (Wildman–Crippen MR) is 74.6 cm³/mol. The molecule has 4 N–H and O–H groups in total. The minimum atomic E-state index is -0.812. The van der Waals surface area contributed by atoms with Gasteiger partial charge in [0.1, 0.15) is 0 Å². The van der Waals surface area contributed by atoms with Crippen LogP contribution in [-0.4, -0.2) is 38.5 Å². The van der Waals surface area contributed by atoms with Crippen molar-refractivity contribution in [2.24, 2.45) is 12.8 Å². The average molecular weight is 299 g/mol. The van der Waals surface area contributed by atoms with Crippen molar-refractivity contribution in [2.45, 2.75) is 36.5 Å². The van der Waals surface area contributed by atoms with E-state index in [4.69, 9.17) is 5.73 Å². The number of carbonyl (C=O) groups excluding carboxylic acids is 1. The Bertz CT molecular complexity index is 607. The van der Waals surface area contributed by atoms with Crippen LogP contribution in [0.2, 0.25) is 0 Å². The fraction of sp³-hybridized carbons (Fsp3) is 0.636. The summed E-state index contributed by atoms with van der Waals surface area (Å²) >= 11 is 1.30. The van der Waals surface area contributed by atoms with Crippen molar-refractivity contribution in [1.82, 2.24) is 20.1 Å². The summed E-state index contributed by atoms with van der Waals surface area (Å²) < 4.78 is 1.39. The SMILES string of the molecule is Cn1[nH]c(=O)c(=O)nc1SCCC(NC1CC1)C(N)=O. The summed E-state index contributed by atoms with van der Waals surface area (Å²) in [5.74, 6) is 0.195. The summed E-state index contributed by atoms with van der Waals surface area (Å²) in [6.07, 6.45) is 2.70. The molecule has 1 fully saturated rings. The highest BCUT2D eigenvalue weighted by Gasteiger charge is 2.26. The largest absolute Gasteiger partial charge is 0.368 e. The first-order valence-corrected chi connectivity index (χ1v) is 7.31. The van der Waals surface area contributed by atoms with Crippen molar-refractivity contribution in [2.75, 3.05) is 5.75 Å². The van der Waals surface area contributed by atoms with Crippen LogP contribution in [0.3, 0.4) is 0 Å². The van der Waals surface area contributed by atoms with Crippen molar-refractivity contribution < 1.29 is 4.79 Å². The number of nitrogens with zero attached hydrogens (tertiary/aromatic N) is 2. The Labute approximate surface area is 119 Å². The number of aromatic nitrogens is 3. The molecule has 0 saturated heterocycles. The molecular formula is C11H17N5O3S. The Balaban J connectivity index is 1.91. The van der Waals surface area contributed by atoms with Crippen LogP contribution < -0.4 is 22.2 Å². The van der Waals surface area contributed by atoms with Crippen LogP contribution in [0.4, 0.5) is 0 Å². The van der Waals surface area contributed by atoms with Crippen molar-refractivity contribution in [3.63, 3.8) is 0 Å². The molecule has 0 bridgehead atoms. The molecule has 1 atom stereocenters. The van der Waals surface area contributed by atoms with E-state index in [9.17, 15) is 14.4 Å².